The summed E-state index contributed by atoms with van der Waals surface area (Å²) in [6, 6.07) is 0. The fourth-order valence-corrected chi connectivity index (χ4v) is 4.98. The van der Waals surface area contributed by atoms with Gasteiger partial charge in [0.05, 0.1) is 0 Å². The quantitative estimate of drug-likeness (QED) is 0.648. The van der Waals surface area contributed by atoms with Crippen molar-refractivity contribution >= 4 is 27.9 Å². The van der Waals surface area contributed by atoms with Crippen LogP contribution in [0.1, 0.15) is 38.5 Å². The van der Waals surface area contributed by atoms with Crippen molar-refractivity contribution in [3.63, 3.8) is 0 Å². The molecule has 12 heavy (non-hydrogen) atoms. The van der Waals surface area contributed by atoms with Crippen LogP contribution in [0.4, 0.5) is 0 Å². The van der Waals surface area contributed by atoms with Gasteiger partial charge in [-0.1, -0.05) is 49.2 Å². The summed E-state index contributed by atoms with van der Waals surface area (Å²) in [6.45, 7) is 0. The molecule has 1 aliphatic heterocycles. The monoisotopic (exact) mass is 201 g/mol. The molecule has 0 unspecified atom stereocenters. The maximum Gasteiger partial charge on any atom is 0.122 e. The van der Waals surface area contributed by atoms with E-state index in [9.17, 15) is 0 Å². The molecule has 1 aliphatic carbocycles. The van der Waals surface area contributed by atoms with Crippen LogP contribution in [0, 0.1) is 5.41 Å². The molecular weight excluding hydrogens is 186 g/mol. The van der Waals surface area contributed by atoms with Crippen LogP contribution in [-0.2, 0) is 0 Å². The van der Waals surface area contributed by atoms with Crippen molar-refractivity contribution < 1.29 is 0 Å². The van der Waals surface area contributed by atoms with Crippen molar-refractivity contribution in [1.82, 2.24) is 0 Å². The topological polar surface area (TPSA) is 23.9 Å². The Balaban J connectivity index is 1.96. The van der Waals surface area contributed by atoms with Gasteiger partial charge in [0.1, 0.15) is 4.38 Å². The van der Waals surface area contributed by atoms with E-state index in [0.29, 0.717) is 0 Å². The maximum atomic E-state index is 7.61. The van der Waals surface area contributed by atoms with Gasteiger partial charge in [0.25, 0.3) is 0 Å². The van der Waals surface area contributed by atoms with E-state index >= 15 is 0 Å². The maximum absolute atomic E-state index is 7.61. The van der Waals surface area contributed by atoms with Gasteiger partial charge in [-0.25, -0.2) is 0 Å². The highest BCUT2D eigenvalue weighted by molar-refractivity contribution is 8.41. The number of nitrogens with one attached hydrogen (secondary N) is 1. The fourth-order valence-electron chi connectivity index (χ4n) is 1.99. The van der Waals surface area contributed by atoms with Crippen LogP contribution in [0.25, 0.3) is 0 Å². The van der Waals surface area contributed by atoms with Crippen molar-refractivity contribution in [3.8, 4) is 0 Å². The number of fused-ring (bicyclic) bond motifs is 1. The molecule has 1 N–H and O–H groups in total. The minimum absolute atomic E-state index is 0.780. The molecule has 68 valence electrons. The third kappa shape index (κ3) is 1.99. The zero-order valence-corrected chi connectivity index (χ0v) is 8.85. The standard InChI is InChI=1S/C9H15NS2/c10-9-11-7-5-3-1-2-4-6-8(7)12-9/h7-8,10H,1-6H2/t7-,8-/m0/s1. The van der Waals surface area contributed by atoms with Crippen molar-refractivity contribution in [2.75, 3.05) is 0 Å². The lowest BCUT2D eigenvalue weighted by atomic mass is 10.0. The van der Waals surface area contributed by atoms with E-state index < -0.39 is 0 Å². The lowest BCUT2D eigenvalue weighted by Crippen LogP contribution is -2.16. The van der Waals surface area contributed by atoms with Gasteiger partial charge in [-0.3, -0.25) is 5.41 Å². The minimum atomic E-state index is 0.780. The van der Waals surface area contributed by atoms with E-state index in [4.69, 9.17) is 5.41 Å². The predicted octanol–water partition coefficient (Wildman–Crippen LogP) is 3.49. The Morgan fingerprint density at radius 1 is 0.917 bits per heavy atom. The first-order chi connectivity index (χ1) is 5.86. The van der Waals surface area contributed by atoms with Crippen LogP contribution in [-0.4, -0.2) is 14.9 Å². The molecule has 2 fully saturated rings. The third-order valence-corrected chi connectivity index (χ3v) is 5.57. The second kappa shape index (κ2) is 4.05. The lowest BCUT2D eigenvalue weighted by molar-refractivity contribution is 0.524. The molecule has 2 atom stereocenters. The average Bonchev–Trinajstić information content (AvgIpc) is 2.32. The molecular formula is C9H15NS2. The van der Waals surface area contributed by atoms with E-state index in [1.165, 1.54) is 38.5 Å². The minimum Gasteiger partial charge on any atom is -0.288 e. The second-order valence-corrected chi connectivity index (χ2v) is 6.35. The molecule has 0 aromatic heterocycles. The molecule has 1 saturated carbocycles. The lowest BCUT2D eigenvalue weighted by Gasteiger charge is -2.19. The van der Waals surface area contributed by atoms with Gasteiger partial charge in [0.15, 0.2) is 0 Å². The predicted molar refractivity (Wildman–Crippen MR) is 58.2 cm³/mol. The largest absolute Gasteiger partial charge is 0.288 e. The van der Waals surface area contributed by atoms with Crippen LogP contribution < -0.4 is 0 Å². The van der Waals surface area contributed by atoms with Gasteiger partial charge < -0.3 is 0 Å². The van der Waals surface area contributed by atoms with E-state index in [1.807, 2.05) is 23.5 Å². The zero-order chi connectivity index (χ0) is 8.39. The summed E-state index contributed by atoms with van der Waals surface area (Å²) in [5.74, 6) is 0. The average molecular weight is 201 g/mol. The molecule has 0 bridgehead atoms. The van der Waals surface area contributed by atoms with E-state index in [-0.39, 0.29) is 0 Å². The molecule has 0 radical (unpaired) electrons. The number of rotatable bonds is 0. The molecule has 0 spiro atoms. The Morgan fingerprint density at radius 3 is 1.92 bits per heavy atom. The molecule has 2 aliphatic rings. The van der Waals surface area contributed by atoms with E-state index in [2.05, 4.69) is 0 Å². The fraction of sp³-hybridized carbons (Fsp3) is 0.889. The van der Waals surface area contributed by atoms with E-state index in [1.54, 1.807) is 0 Å². The van der Waals surface area contributed by atoms with Crippen molar-refractivity contribution in [1.29, 1.82) is 5.41 Å². The van der Waals surface area contributed by atoms with Gasteiger partial charge in [-0.15, -0.1) is 0 Å². The van der Waals surface area contributed by atoms with Gasteiger partial charge in [0.2, 0.25) is 0 Å². The van der Waals surface area contributed by atoms with Gasteiger partial charge in [0, 0.05) is 10.5 Å². The first-order valence-corrected chi connectivity index (χ1v) is 6.54. The highest BCUT2D eigenvalue weighted by Crippen LogP contribution is 2.44. The first kappa shape index (κ1) is 8.95. The Labute approximate surface area is 82.6 Å². The number of thioether (sulfide) groups is 2. The molecule has 0 aromatic carbocycles. The highest BCUT2D eigenvalue weighted by atomic mass is 32.2. The summed E-state index contributed by atoms with van der Waals surface area (Å²) >= 11 is 3.64. The normalized spacial score (nSPS) is 37.2. The van der Waals surface area contributed by atoms with Crippen LogP contribution in [0.3, 0.4) is 0 Å². The molecule has 1 heterocycles. The first-order valence-electron chi connectivity index (χ1n) is 4.78. The van der Waals surface area contributed by atoms with Crippen LogP contribution >= 0.6 is 23.5 Å². The van der Waals surface area contributed by atoms with Crippen LogP contribution in [0.5, 0.6) is 0 Å². The summed E-state index contributed by atoms with van der Waals surface area (Å²) in [7, 11) is 0. The Kier molecular flexibility index (Phi) is 3.02. The third-order valence-electron chi connectivity index (χ3n) is 2.66. The molecule has 1 saturated heterocycles. The summed E-state index contributed by atoms with van der Waals surface area (Å²) in [4.78, 5) is 0. The number of hydrogen-bond acceptors (Lipinski definition) is 3. The zero-order valence-electron chi connectivity index (χ0n) is 7.21. The van der Waals surface area contributed by atoms with Crippen molar-refractivity contribution in [2.45, 2.75) is 49.0 Å². The summed E-state index contributed by atoms with van der Waals surface area (Å²) in [5, 5.41) is 9.17. The Morgan fingerprint density at radius 2 is 1.42 bits per heavy atom. The van der Waals surface area contributed by atoms with Crippen LogP contribution in [0.2, 0.25) is 0 Å². The second-order valence-electron chi connectivity index (χ2n) is 3.59. The molecule has 0 aromatic rings. The van der Waals surface area contributed by atoms with Gasteiger partial charge in [-0.2, -0.15) is 0 Å². The highest BCUT2D eigenvalue weighted by Gasteiger charge is 2.32. The molecule has 0 amide bonds. The summed E-state index contributed by atoms with van der Waals surface area (Å²) in [6.07, 6.45) is 8.32. The van der Waals surface area contributed by atoms with Gasteiger partial charge in [-0.05, 0) is 12.8 Å². The summed E-state index contributed by atoms with van der Waals surface area (Å²) in [5.41, 5.74) is 0. The summed E-state index contributed by atoms with van der Waals surface area (Å²) < 4.78 is 0.868. The van der Waals surface area contributed by atoms with Crippen molar-refractivity contribution in [3.05, 3.63) is 0 Å². The molecule has 1 nitrogen and oxygen atoms in total. The Hall–Kier alpha value is 0.370. The number of hydrogen-bond donors (Lipinski definition) is 1. The smallest absolute Gasteiger partial charge is 0.122 e. The SMILES string of the molecule is N=C1S[C@H]2CCCCCC[C@@H]2S1. The van der Waals surface area contributed by atoms with Crippen LogP contribution in [0.15, 0.2) is 0 Å². The van der Waals surface area contributed by atoms with Gasteiger partial charge >= 0.3 is 0 Å². The molecule has 2 rings (SSSR count). The van der Waals surface area contributed by atoms with Crippen molar-refractivity contribution in [2.24, 2.45) is 0 Å². The Bertz CT molecular complexity index is 163. The van der Waals surface area contributed by atoms with E-state index in [0.717, 1.165) is 14.9 Å². The molecule has 3 heteroatoms.